The van der Waals surface area contributed by atoms with Gasteiger partial charge in [0.25, 0.3) is 0 Å². The highest BCUT2D eigenvalue weighted by Gasteiger charge is 2.23. The first kappa shape index (κ1) is 11.2. The Labute approximate surface area is 92.5 Å². The Hall–Kier alpha value is 0.140. The Morgan fingerprint density at radius 3 is 2.54 bits per heavy atom. The summed E-state index contributed by atoms with van der Waals surface area (Å²) in [5, 5.41) is 0. The van der Waals surface area contributed by atoms with E-state index in [0.717, 1.165) is 13.0 Å². The first-order chi connectivity index (χ1) is 5.97. The van der Waals surface area contributed by atoms with E-state index < -0.39 is 0 Å². The van der Waals surface area contributed by atoms with Gasteiger partial charge in [-0.3, -0.25) is 0 Å². The maximum atomic E-state index is 5.60. The number of thiophene rings is 1. The lowest BCUT2D eigenvalue weighted by molar-refractivity contribution is 0.487. The zero-order valence-corrected chi connectivity index (χ0v) is 10.8. The molecule has 0 fully saturated rings. The third-order valence-electron chi connectivity index (χ3n) is 2.39. The van der Waals surface area contributed by atoms with Gasteiger partial charge in [-0.05, 0) is 52.9 Å². The van der Waals surface area contributed by atoms with Gasteiger partial charge >= 0.3 is 0 Å². The van der Waals surface area contributed by atoms with Gasteiger partial charge < -0.3 is 5.73 Å². The predicted octanol–water partition coefficient (Wildman–Crippen LogP) is 3.45. The highest BCUT2D eigenvalue weighted by molar-refractivity contribution is 9.11. The molecule has 0 radical (unpaired) electrons. The highest BCUT2D eigenvalue weighted by Crippen LogP contribution is 2.36. The van der Waals surface area contributed by atoms with Crippen LogP contribution in [0.1, 0.15) is 30.7 Å². The van der Waals surface area contributed by atoms with Gasteiger partial charge in [-0.2, -0.15) is 0 Å². The van der Waals surface area contributed by atoms with E-state index in [1.807, 2.05) is 0 Å². The van der Waals surface area contributed by atoms with Crippen LogP contribution in [0.25, 0.3) is 0 Å². The molecule has 0 bridgehead atoms. The smallest absolute Gasteiger partial charge is 0.0704 e. The Balaban J connectivity index is 2.98. The summed E-state index contributed by atoms with van der Waals surface area (Å²) in [6, 6.07) is 2.22. The first-order valence-corrected chi connectivity index (χ1v) is 6.05. The van der Waals surface area contributed by atoms with Crippen molar-refractivity contribution in [2.75, 3.05) is 6.54 Å². The largest absolute Gasteiger partial charge is 0.330 e. The summed E-state index contributed by atoms with van der Waals surface area (Å²) >= 11 is 5.31. The van der Waals surface area contributed by atoms with Crippen LogP contribution >= 0.6 is 27.3 Å². The van der Waals surface area contributed by atoms with Crippen molar-refractivity contribution in [2.24, 2.45) is 5.73 Å². The second-order valence-corrected chi connectivity index (χ2v) is 6.58. The number of halogens is 1. The standard InChI is InChI=1S/C10H16BrNS/c1-7-8(6-9(11)13-7)10(2,3)4-5-12/h6H,4-5,12H2,1-3H3. The summed E-state index contributed by atoms with van der Waals surface area (Å²) in [6.07, 6.45) is 1.04. The normalized spacial score (nSPS) is 12.1. The Morgan fingerprint density at radius 2 is 2.15 bits per heavy atom. The molecule has 1 heterocycles. The van der Waals surface area contributed by atoms with Crippen LogP contribution in [0.2, 0.25) is 0 Å². The van der Waals surface area contributed by atoms with E-state index in [9.17, 15) is 0 Å². The summed E-state index contributed by atoms with van der Waals surface area (Å²) in [5.41, 5.74) is 7.24. The lowest BCUT2D eigenvalue weighted by atomic mass is 9.82. The third-order valence-corrected chi connectivity index (χ3v) is 3.94. The third kappa shape index (κ3) is 2.55. The van der Waals surface area contributed by atoms with E-state index in [4.69, 9.17) is 5.73 Å². The monoisotopic (exact) mass is 261 g/mol. The molecule has 1 rings (SSSR count). The van der Waals surface area contributed by atoms with Crippen molar-refractivity contribution < 1.29 is 0 Å². The van der Waals surface area contributed by atoms with Gasteiger partial charge in [-0.1, -0.05) is 13.8 Å². The quantitative estimate of drug-likeness (QED) is 0.887. The average molecular weight is 262 g/mol. The molecule has 13 heavy (non-hydrogen) atoms. The molecular weight excluding hydrogens is 246 g/mol. The maximum absolute atomic E-state index is 5.60. The van der Waals surface area contributed by atoms with E-state index in [1.165, 1.54) is 14.2 Å². The Kier molecular flexibility index (Phi) is 3.55. The average Bonchev–Trinajstić information content (AvgIpc) is 2.30. The molecule has 0 spiro atoms. The highest BCUT2D eigenvalue weighted by atomic mass is 79.9. The molecule has 1 nitrogen and oxygen atoms in total. The molecule has 2 N–H and O–H groups in total. The molecule has 0 saturated carbocycles. The minimum absolute atomic E-state index is 0.210. The fraction of sp³-hybridized carbons (Fsp3) is 0.600. The zero-order chi connectivity index (χ0) is 10.1. The van der Waals surface area contributed by atoms with E-state index in [-0.39, 0.29) is 5.41 Å². The number of aryl methyl sites for hydroxylation is 1. The minimum atomic E-state index is 0.210. The predicted molar refractivity (Wildman–Crippen MR) is 63.5 cm³/mol. The van der Waals surface area contributed by atoms with Crippen molar-refractivity contribution in [2.45, 2.75) is 32.6 Å². The van der Waals surface area contributed by atoms with Crippen molar-refractivity contribution in [3.8, 4) is 0 Å². The molecule has 1 aromatic rings. The molecule has 0 aromatic carbocycles. The van der Waals surface area contributed by atoms with Crippen LogP contribution in [0, 0.1) is 6.92 Å². The Bertz CT molecular complexity index is 291. The molecule has 1 aromatic heterocycles. The molecule has 0 saturated heterocycles. The summed E-state index contributed by atoms with van der Waals surface area (Å²) in [4.78, 5) is 1.39. The maximum Gasteiger partial charge on any atom is 0.0704 e. The summed E-state index contributed by atoms with van der Waals surface area (Å²) in [5.74, 6) is 0. The second-order valence-electron chi connectivity index (χ2n) is 3.94. The number of rotatable bonds is 3. The fourth-order valence-corrected chi connectivity index (χ4v) is 3.49. The second kappa shape index (κ2) is 4.11. The van der Waals surface area contributed by atoms with E-state index in [2.05, 4.69) is 42.8 Å². The van der Waals surface area contributed by atoms with Gasteiger partial charge in [0.1, 0.15) is 0 Å². The SMILES string of the molecule is Cc1sc(Br)cc1C(C)(C)CCN. The van der Waals surface area contributed by atoms with Crippen molar-refractivity contribution in [1.29, 1.82) is 0 Å². The van der Waals surface area contributed by atoms with Gasteiger partial charge in [0.2, 0.25) is 0 Å². The van der Waals surface area contributed by atoms with Crippen LogP contribution in [0.15, 0.2) is 9.85 Å². The van der Waals surface area contributed by atoms with Crippen LogP contribution in [0.4, 0.5) is 0 Å². The number of nitrogens with two attached hydrogens (primary N) is 1. The minimum Gasteiger partial charge on any atom is -0.330 e. The van der Waals surface area contributed by atoms with Gasteiger partial charge in [0.05, 0.1) is 3.79 Å². The summed E-state index contributed by atoms with van der Waals surface area (Å²) in [7, 11) is 0. The van der Waals surface area contributed by atoms with Gasteiger partial charge in [-0.15, -0.1) is 11.3 Å². The van der Waals surface area contributed by atoms with Gasteiger partial charge in [0.15, 0.2) is 0 Å². The lowest BCUT2D eigenvalue weighted by Gasteiger charge is -2.24. The van der Waals surface area contributed by atoms with Crippen molar-refractivity contribution in [1.82, 2.24) is 0 Å². The van der Waals surface area contributed by atoms with Gasteiger partial charge in [0, 0.05) is 4.88 Å². The molecule has 0 aliphatic heterocycles. The molecule has 0 aliphatic carbocycles. The summed E-state index contributed by atoms with van der Waals surface area (Å²) in [6.45, 7) is 7.42. The van der Waals surface area contributed by atoms with Crippen molar-refractivity contribution in [3.05, 3.63) is 20.3 Å². The molecule has 0 atom stereocenters. The van der Waals surface area contributed by atoms with Crippen LogP contribution in [-0.2, 0) is 5.41 Å². The molecule has 0 amide bonds. The molecular formula is C10H16BrNS. The van der Waals surface area contributed by atoms with Crippen LogP contribution in [-0.4, -0.2) is 6.54 Å². The topological polar surface area (TPSA) is 26.0 Å². The first-order valence-electron chi connectivity index (χ1n) is 4.44. The van der Waals surface area contributed by atoms with E-state index >= 15 is 0 Å². The van der Waals surface area contributed by atoms with Crippen LogP contribution in [0.5, 0.6) is 0 Å². The molecule has 0 aliphatic rings. The number of hydrogen-bond acceptors (Lipinski definition) is 2. The van der Waals surface area contributed by atoms with E-state index in [0.29, 0.717) is 0 Å². The molecule has 0 unspecified atom stereocenters. The lowest BCUT2D eigenvalue weighted by Crippen LogP contribution is -2.21. The Morgan fingerprint density at radius 1 is 1.54 bits per heavy atom. The fourth-order valence-electron chi connectivity index (χ4n) is 1.61. The van der Waals surface area contributed by atoms with Gasteiger partial charge in [-0.25, -0.2) is 0 Å². The number of hydrogen-bond donors (Lipinski definition) is 1. The summed E-state index contributed by atoms with van der Waals surface area (Å²) < 4.78 is 1.21. The molecule has 74 valence electrons. The van der Waals surface area contributed by atoms with Crippen LogP contribution < -0.4 is 5.73 Å². The van der Waals surface area contributed by atoms with Crippen LogP contribution in [0.3, 0.4) is 0 Å². The molecule has 3 heteroatoms. The van der Waals surface area contributed by atoms with Crippen molar-refractivity contribution >= 4 is 27.3 Å². The zero-order valence-electron chi connectivity index (χ0n) is 8.36. The van der Waals surface area contributed by atoms with Crippen molar-refractivity contribution in [3.63, 3.8) is 0 Å². The van der Waals surface area contributed by atoms with E-state index in [1.54, 1.807) is 11.3 Å².